The van der Waals surface area contributed by atoms with Crippen molar-refractivity contribution in [3.8, 4) is 5.75 Å². The number of nitrogens with zero attached hydrogens (tertiary/aromatic N) is 2. The number of halogens is 1. The molecule has 1 aliphatic rings. The van der Waals surface area contributed by atoms with Crippen LogP contribution in [0, 0.1) is 0 Å². The molecule has 4 rings (SSSR count). The fourth-order valence-electron chi connectivity index (χ4n) is 4.75. The second-order valence-corrected chi connectivity index (χ2v) is 11.7. The Morgan fingerprint density at radius 2 is 2.08 bits per heavy atom. The van der Waals surface area contributed by atoms with Crippen LogP contribution in [0.2, 0.25) is 5.02 Å². The number of hydrogen-bond donors (Lipinski definition) is 1. The van der Waals surface area contributed by atoms with E-state index in [4.69, 9.17) is 21.1 Å². The fourth-order valence-corrected chi connectivity index (χ4v) is 6.22. The van der Waals surface area contributed by atoms with E-state index >= 15 is 0 Å². The number of carbonyl (C=O) groups is 1. The topological polar surface area (TPSA) is 99.5 Å². The Balaban J connectivity index is 1.48. The molecule has 1 aliphatic carbocycles. The summed E-state index contributed by atoms with van der Waals surface area (Å²) in [6.07, 6.45) is 5.10. The van der Waals surface area contributed by atoms with Gasteiger partial charge >= 0.3 is 6.09 Å². The average Bonchev–Trinajstić information content (AvgIpc) is 3.31. The molecule has 0 bridgehead atoms. The van der Waals surface area contributed by atoms with E-state index in [2.05, 4.69) is 16.5 Å². The van der Waals surface area contributed by atoms with Crippen LogP contribution >= 0.6 is 11.6 Å². The molecule has 0 saturated heterocycles. The van der Waals surface area contributed by atoms with E-state index < -0.39 is 15.9 Å². The van der Waals surface area contributed by atoms with Crippen LogP contribution in [0.25, 0.3) is 0 Å². The predicted octanol–water partition coefficient (Wildman–Crippen LogP) is 4.70. The van der Waals surface area contributed by atoms with Crippen molar-refractivity contribution in [1.82, 2.24) is 15.1 Å². The van der Waals surface area contributed by atoms with E-state index in [9.17, 15) is 13.2 Å². The molecule has 0 saturated carbocycles. The van der Waals surface area contributed by atoms with Crippen LogP contribution in [0.3, 0.4) is 0 Å². The van der Waals surface area contributed by atoms with Crippen molar-refractivity contribution in [2.75, 3.05) is 19.0 Å². The van der Waals surface area contributed by atoms with Crippen molar-refractivity contribution in [3.05, 3.63) is 76.6 Å². The molecule has 0 spiro atoms. The third-order valence-corrected chi connectivity index (χ3v) is 8.51. The lowest BCUT2D eigenvalue weighted by atomic mass is 9.76. The smallest absolute Gasteiger partial charge is 0.407 e. The fraction of sp³-hybridized carbons (Fsp3) is 0.407. The molecule has 0 aliphatic heterocycles. The van der Waals surface area contributed by atoms with Crippen molar-refractivity contribution in [2.24, 2.45) is 7.05 Å². The molecule has 37 heavy (non-hydrogen) atoms. The number of sulfone groups is 1. The van der Waals surface area contributed by atoms with Crippen LogP contribution in [0.4, 0.5) is 4.79 Å². The summed E-state index contributed by atoms with van der Waals surface area (Å²) >= 11 is 6.24. The summed E-state index contributed by atoms with van der Waals surface area (Å²) in [6.45, 7) is 2.36. The molecule has 2 unspecified atom stereocenters. The molecule has 0 radical (unpaired) electrons. The second-order valence-electron chi connectivity index (χ2n) is 9.18. The number of ether oxygens (including phenoxy) is 2. The maximum Gasteiger partial charge on any atom is 0.407 e. The Morgan fingerprint density at radius 3 is 2.81 bits per heavy atom. The Kier molecular flexibility index (Phi) is 8.76. The second kappa shape index (κ2) is 12.0. The summed E-state index contributed by atoms with van der Waals surface area (Å²) in [5.41, 5.74) is 3.39. The van der Waals surface area contributed by atoms with Gasteiger partial charge in [0, 0.05) is 30.2 Å². The van der Waals surface area contributed by atoms with Crippen molar-refractivity contribution >= 4 is 27.5 Å². The summed E-state index contributed by atoms with van der Waals surface area (Å²) in [7, 11) is -1.72. The quantitative estimate of drug-likeness (QED) is 0.371. The third-order valence-electron chi connectivity index (χ3n) is 6.52. The molecule has 1 amide bonds. The first-order chi connectivity index (χ1) is 17.7. The number of rotatable bonds is 10. The normalized spacial score (nSPS) is 17.2. The number of nitrogens with one attached hydrogen (secondary N) is 1. The summed E-state index contributed by atoms with van der Waals surface area (Å²) in [5, 5.41) is 7.65. The summed E-state index contributed by atoms with van der Waals surface area (Å²) in [6, 6.07) is 13.6. The molecule has 10 heteroatoms. The van der Waals surface area contributed by atoms with Gasteiger partial charge in [0.25, 0.3) is 0 Å². The van der Waals surface area contributed by atoms with Crippen LogP contribution in [-0.4, -0.2) is 49.3 Å². The number of fused-ring (bicyclic) bond motifs is 1. The SMILES string of the molecule is CCOC(=O)NC1CCc2ccc(OCCCS(=O)(=O)c3cnn(C)c3)cc2C1Cc1cccc(Cl)c1. The van der Waals surface area contributed by atoms with Gasteiger partial charge in [-0.1, -0.05) is 29.8 Å². The molecule has 1 heterocycles. The number of aryl methyl sites for hydroxylation is 2. The number of benzene rings is 2. The molecule has 1 aromatic heterocycles. The van der Waals surface area contributed by atoms with Crippen LogP contribution in [-0.2, 0) is 34.5 Å². The van der Waals surface area contributed by atoms with Gasteiger partial charge in [-0.25, -0.2) is 13.2 Å². The highest BCUT2D eigenvalue weighted by molar-refractivity contribution is 7.91. The number of alkyl carbamates (subject to hydrolysis) is 1. The summed E-state index contributed by atoms with van der Waals surface area (Å²) < 4.78 is 37.6. The zero-order valence-electron chi connectivity index (χ0n) is 21.0. The lowest BCUT2D eigenvalue weighted by molar-refractivity contribution is 0.144. The molecule has 2 aromatic carbocycles. The van der Waals surface area contributed by atoms with Crippen LogP contribution in [0.5, 0.6) is 5.75 Å². The van der Waals surface area contributed by atoms with E-state index in [-0.39, 0.29) is 29.2 Å². The first-order valence-electron chi connectivity index (χ1n) is 12.4. The minimum absolute atomic E-state index is 0.00105. The van der Waals surface area contributed by atoms with Gasteiger partial charge < -0.3 is 14.8 Å². The lowest BCUT2D eigenvalue weighted by Crippen LogP contribution is -2.43. The zero-order valence-corrected chi connectivity index (χ0v) is 22.6. The van der Waals surface area contributed by atoms with E-state index in [0.717, 1.165) is 24.0 Å². The van der Waals surface area contributed by atoms with Crippen molar-refractivity contribution < 1.29 is 22.7 Å². The highest BCUT2D eigenvalue weighted by Gasteiger charge is 2.31. The van der Waals surface area contributed by atoms with Gasteiger partial charge in [-0.15, -0.1) is 0 Å². The van der Waals surface area contributed by atoms with Crippen molar-refractivity contribution in [1.29, 1.82) is 0 Å². The highest BCUT2D eigenvalue weighted by Crippen LogP contribution is 2.37. The summed E-state index contributed by atoms with van der Waals surface area (Å²) in [4.78, 5) is 12.5. The number of carbonyl (C=O) groups excluding carboxylic acids is 1. The first-order valence-corrected chi connectivity index (χ1v) is 14.4. The van der Waals surface area contributed by atoms with Gasteiger partial charge in [-0.3, -0.25) is 4.68 Å². The van der Waals surface area contributed by atoms with Crippen LogP contribution < -0.4 is 10.1 Å². The highest BCUT2D eigenvalue weighted by atomic mass is 35.5. The lowest BCUT2D eigenvalue weighted by Gasteiger charge is -2.34. The molecule has 198 valence electrons. The molecular weight excluding hydrogens is 514 g/mol. The Bertz CT molecular complexity index is 1340. The van der Waals surface area contributed by atoms with Crippen LogP contribution in [0.15, 0.2) is 59.8 Å². The largest absolute Gasteiger partial charge is 0.494 e. The van der Waals surface area contributed by atoms with E-state index in [1.54, 1.807) is 14.0 Å². The maximum absolute atomic E-state index is 12.5. The monoisotopic (exact) mass is 545 g/mol. The van der Waals surface area contributed by atoms with Gasteiger partial charge in [0.1, 0.15) is 10.6 Å². The van der Waals surface area contributed by atoms with Gasteiger partial charge in [0.15, 0.2) is 9.84 Å². The number of hydrogen-bond acceptors (Lipinski definition) is 6. The maximum atomic E-state index is 12.5. The van der Waals surface area contributed by atoms with Gasteiger partial charge in [-0.05, 0) is 73.6 Å². The molecule has 2 atom stereocenters. The Labute approximate surface area is 222 Å². The minimum Gasteiger partial charge on any atom is -0.494 e. The summed E-state index contributed by atoms with van der Waals surface area (Å²) in [5.74, 6) is 0.651. The van der Waals surface area contributed by atoms with E-state index in [1.807, 2.05) is 36.4 Å². The van der Waals surface area contributed by atoms with Crippen molar-refractivity contribution in [3.63, 3.8) is 0 Å². The predicted molar refractivity (Wildman–Crippen MR) is 142 cm³/mol. The molecular formula is C27H32ClN3O5S. The van der Waals surface area contributed by atoms with Crippen molar-refractivity contribution in [2.45, 2.75) is 49.5 Å². The first kappa shape index (κ1) is 27.0. The molecule has 3 aromatic rings. The van der Waals surface area contributed by atoms with Gasteiger partial charge in [0.05, 0.1) is 25.2 Å². The molecule has 1 N–H and O–H groups in total. The Morgan fingerprint density at radius 1 is 1.24 bits per heavy atom. The third kappa shape index (κ3) is 7.05. The van der Waals surface area contributed by atoms with E-state index in [1.165, 1.54) is 22.6 Å². The van der Waals surface area contributed by atoms with Gasteiger partial charge in [-0.2, -0.15) is 5.10 Å². The minimum atomic E-state index is -3.40. The number of amides is 1. The Hall–Kier alpha value is -3.04. The van der Waals surface area contributed by atoms with Crippen LogP contribution in [0.1, 0.15) is 42.4 Å². The van der Waals surface area contributed by atoms with Gasteiger partial charge in [0.2, 0.25) is 0 Å². The molecule has 0 fully saturated rings. The zero-order chi connectivity index (χ0) is 26.4. The molecule has 8 nitrogen and oxygen atoms in total. The number of aromatic nitrogens is 2. The standard InChI is InChI=1S/C27H32ClN3O5S/c1-3-35-27(32)30-26-11-9-20-8-10-22(16-24(20)25(26)15-19-6-4-7-21(28)14-19)36-12-5-13-37(33,34)23-17-29-31(2)18-23/h4,6-8,10,14,16-18,25-26H,3,5,9,11-13,15H2,1-2H3,(H,30,32). The average molecular weight is 546 g/mol. The van der Waals surface area contributed by atoms with E-state index in [0.29, 0.717) is 30.2 Å².